The first-order valence-electron chi connectivity index (χ1n) is 7.50. The van der Waals surface area contributed by atoms with Gasteiger partial charge in [-0.2, -0.15) is 0 Å². The molecule has 1 aromatic rings. The third kappa shape index (κ3) is 4.73. The van der Waals surface area contributed by atoms with Crippen molar-refractivity contribution in [2.24, 2.45) is 5.92 Å². The first-order chi connectivity index (χ1) is 10.4. The lowest BCUT2D eigenvalue weighted by Gasteiger charge is -2.11. The Bertz CT molecular complexity index is 640. The molecule has 22 heavy (non-hydrogen) atoms. The summed E-state index contributed by atoms with van der Waals surface area (Å²) in [4.78, 5) is 11.9. The average molecular weight is 325 g/mol. The highest BCUT2D eigenvalue weighted by atomic mass is 32.2. The summed E-state index contributed by atoms with van der Waals surface area (Å²) in [7, 11) is -1.28. The highest BCUT2D eigenvalue weighted by Gasteiger charge is 2.29. The van der Waals surface area contributed by atoms with Gasteiger partial charge in [-0.25, -0.2) is 8.42 Å². The first kappa shape index (κ1) is 16.8. The number of rotatable bonds is 6. The molecule has 0 spiro atoms. The molecule has 1 N–H and O–H groups in total. The summed E-state index contributed by atoms with van der Waals surface area (Å²) in [6, 6.07) is 5.96. The van der Waals surface area contributed by atoms with Crippen LogP contribution in [0.1, 0.15) is 24.0 Å². The molecule has 1 unspecified atom stereocenters. The number of carbonyl (C=O) groups excluding carboxylic acids is 1. The van der Waals surface area contributed by atoms with Crippen LogP contribution in [0.5, 0.6) is 5.75 Å². The highest BCUT2D eigenvalue weighted by Crippen LogP contribution is 2.22. The van der Waals surface area contributed by atoms with Crippen molar-refractivity contribution in [3.63, 3.8) is 0 Å². The molecule has 1 fully saturated rings. The van der Waals surface area contributed by atoms with Crippen molar-refractivity contribution in [3.05, 3.63) is 29.3 Å². The van der Waals surface area contributed by atoms with E-state index < -0.39 is 9.84 Å². The molecular weight excluding hydrogens is 302 g/mol. The zero-order valence-corrected chi connectivity index (χ0v) is 13.9. The minimum absolute atomic E-state index is 0.0292. The van der Waals surface area contributed by atoms with Crippen LogP contribution in [-0.4, -0.2) is 39.5 Å². The number of hydrogen-bond acceptors (Lipinski definition) is 4. The Morgan fingerprint density at radius 3 is 2.82 bits per heavy atom. The summed E-state index contributed by atoms with van der Waals surface area (Å²) in [6.45, 7) is 2.54. The molecule has 1 aliphatic rings. The molecule has 1 atom stereocenters. The minimum atomic E-state index is -2.91. The molecule has 1 amide bonds. The van der Waals surface area contributed by atoms with Crippen molar-refractivity contribution in [1.82, 2.24) is 5.32 Å². The van der Waals surface area contributed by atoms with Crippen LogP contribution >= 0.6 is 0 Å². The average Bonchev–Trinajstić information content (AvgIpc) is 2.78. The predicted molar refractivity (Wildman–Crippen MR) is 85.8 cm³/mol. The van der Waals surface area contributed by atoms with Gasteiger partial charge in [-0.05, 0) is 37.3 Å². The standard InChI is InChI=1S/C16H23NO4S/c1-12-3-4-15(21-2)14(9-12)5-7-17-16(18)10-13-6-8-22(19,20)11-13/h3-4,9,13H,5-8,10-11H2,1-2H3,(H,17,18). The van der Waals surface area contributed by atoms with Gasteiger partial charge in [0.2, 0.25) is 5.91 Å². The third-order valence-electron chi connectivity index (χ3n) is 3.95. The maximum atomic E-state index is 11.9. The van der Waals surface area contributed by atoms with E-state index in [0.29, 0.717) is 25.8 Å². The van der Waals surface area contributed by atoms with E-state index in [2.05, 4.69) is 11.4 Å². The van der Waals surface area contributed by atoms with E-state index in [1.807, 2.05) is 19.1 Å². The van der Waals surface area contributed by atoms with Gasteiger partial charge >= 0.3 is 0 Å². The Hall–Kier alpha value is -1.56. The van der Waals surface area contributed by atoms with Gasteiger partial charge in [0, 0.05) is 13.0 Å². The van der Waals surface area contributed by atoms with Crippen LogP contribution in [0, 0.1) is 12.8 Å². The highest BCUT2D eigenvalue weighted by molar-refractivity contribution is 7.91. The van der Waals surface area contributed by atoms with Gasteiger partial charge in [-0.3, -0.25) is 4.79 Å². The summed E-state index contributed by atoms with van der Waals surface area (Å²) in [5.41, 5.74) is 2.21. The number of benzene rings is 1. The smallest absolute Gasteiger partial charge is 0.220 e. The number of ether oxygens (including phenoxy) is 1. The number of carbonyl (C=O) groups is 1. The Labute approximate surface area is 132 Å². The normalized spacial score (nSPS) is 19.8. The summed E-state index contributed by atoms with van der Waals surface area (Å²) in [5, 5.41) is 2.87. The molecular formula is C16H23NO4S. The van der Waals surface area contributed by atoms with Gasteiger partial charge in [0.05, 0.1) is 18.6 Å². The van der Waals surface area contributed by atoms with Gasteiger partial charge in [0.15, 0.2) is 9.84 Å². The Morgan fingerprint density at radius 2 is 2.18 bits per heavy atom. The van der Waals surface area contributed by atoms with Crippen LogP contribution < -0.4 is 10.1 Å². The SMILES string of the molecule is COc1ccc(C)cc1CCNC(=O)CC1CCS(=O)(=O)C1. The molecule has 0 bridgehead atoms. The quantitative estimate of drug-likeness (QED) is 0.860. The molecule has 1 aromatic carbocycles. The summed E-state index contributed by atoms with van der Waals surface area (Å²) >= 11 is 0. The summed E-state index contributed by atoms with van der Waals surface area (Å²) in [6.07, 6.45) is 1.59. The first-order valence-corrected chi connectivity index (χ1v) is 9.32. The number of sulfone groups is 1. The molecule has 0 aliphatic carbocycles. The zero-order chi connectivity index (χ0) is 16.2. The van der Waals surface area contributed by atoms with Gasteiger partial charge in [-0.15, -0.1) is 0 Å². The largest absolute Gasteiger partial charge is 0.496 e. The fourth-order valence-corrected chi connectivity index (χ4v) is 4.67. The second kappa shape index (κ2) is 7.13. The van der Waals surface area contributed by atoms with Crippen molar-refractivity contribution in [2.45, 2.75) is 26.2 Å². The number of amides is 1. The number of hydrogen-bond donors (Lipinski definition) is 1. The third-order valence-corrected chi connectivity index (χ3v) is 5.79. The molecule has 1 aliphatic heterocycles. The van der Waals surface area contributed by atoms with E-state index in [9.17, 15) is 13.2 Å². The predicted octanol–water partition coefficient (Wildman–Crippen LogP) is 1.49. The molecule has 2 rings (SSSR count). The van der Waals surface area contributed by atoms with Crippen molar-refractivity contribution in [3.8, 4) is 5.75 Å². The lowest BCUT2D eigenvalue weighted by Crippen LogP contribution is -2.28. The molecule has 6 heteroatoms. The summed E-state index contributed by atoms with van der Waals surface area (Å²) in [5.74, 6) is 1.08. The van der Waals surface area contributed by atoms with Crippen LogP contribution in [0.3, 0.4) is 0 Å². The van der Waals surface area contributed by atoms with Crippen molar-refractivity contribution >= 4 is 15.7 Å². The van der Waals surface area contributed by atoms with E-state index in [1.165, 1.54) is 0 Å². The Kier molecular flexibility index (Phi) is 5.45. The molecule has 1 saturated heterocycles. The fraction of sp³-hybridized carbons (Fsp3) is 0.562. The fourth-order valence-electron chi connectivity index (χ4n) is 2.81. The molecule has 0 radical (unpaired) electrons. The van der Waals surface area contributed by atoms with Crippen LogP contribution in [-0.2, 0) is 21.1 Å². The Balaban J connectivity index is 1.79. The van der Waals surface area contributed by atoms with E-state index in [-0.39, 0.29) is 23.3 Å². The van der Waals surface area contributed by atoms with E-state index >= 15 is 0 Å². The van der Waals surface area contributed by atoms with E-state index in [4.69, 9.17) is 4.74 Å². The van der Waals surface area contributed by atoms with E-state index in [1.54, 1.807) is 7.11 Å². The molecule has 122 valence electrons. The van der Waals surface area contributed by atoms with Gasteiger partial charge in [0.1, 0.15) is 5.75 Å². The lowest BCUT2D eigenvalue weighted by atomic mass is 10.0. The topological polar surface area (TPSA) is 72.5 Å². The lowest BCUT2D eigenvalue weighted by molar-refractivity contribution is -0.121. The number of aryl methyl sites for hydroxylation is 1. The maximum absolute atomic E-state index is 11.9. The zero-order valence-electron chi connectivity index (χ0n) is 13.1. The molecule has 5 nitrogen and oxygen atoms in total. The number of methoxy groups -OCH3 is 1. The van der Waals surface area contributed by atoms with Crippen LogP contribution in [0.2, 0.25) is 0 Å². The van der Waals surface area contributed by atoms with Crippen LogP contribution in [0.15, 0.2) is 18.2 Å². The van der Waals surface area contributed by atoms with Crippen molar-refractivity contribution < 1.29 is 17.9 Å². The van der Waals surface area contributed by atoms with Crippen LogP contribution in [0.4, 0.5) is 0 Å². The summed E-state index contributed by atoms with van der Waals surface area (Å²) < 4.78 is 28.1. The minimum Gasteiger partial charge on any atom is -0.496 e. The van der Waals surface area contributed by atoms with Crippen molar-refractivity contribution in [2.75, 3.05) is 25.2 Å². The second-order valence-corrected chi connectivity index (χ2v) is 8.12. The van der Waals surface area contributed by atoms with Gasteiger partial charge < -0.3 is 10.1 Å². The van der Waals surface area contributed by atoms with Crippen LogP contribution in [0.25, 0.3) is 0 Å². The Morgan fingerprint density at radius 1 is 1.41 bits per heavy atom. The van der Waals surface area contributed by atoms with E-state index in [0.717, 1.165) is 16.9 Å². The number of nitrogens with one attached hydrogen (secondary N) is 1. The molecule has 0 saturated carbocycles. The molecule has 1 heterocycles. The second-order valence-electron chi connectivity index (χ2n) is 5.89. The maximum Gasteiger partial charge on any atom is 0.220 e. The molecule has 0 aromatic heterocycles. The van der Waals surface area contributed by atoms with Crippen molar-refractivity contribution in [1.29, 1.82) is 0 Å². The monoisotopic (exact) mass is 325 g/mol. The van der Waals surface area contributed by atoms with Gasteiger partial charge in [-0.1, -0.05) is 17.7 Å². The van der Waals surface area contributed by atoms with Gasteiger partial charge in [0.25, 0.3) is 0 Å².